The highest BCUT2D eigenvalue weighted by atomic mass is 32.2. The zero-order valence-electron chi connectivity index (χ0n) is 13.2. The van der Waals surface area contributed by atoms with Gasteiger partial charge >= 0.3 is 5.92 Å². The van der Waals surface area contributed by atoms with Crippen LogP contribution in [-0.4, -0.2) is 26.4 Å². The third-order valence-corrected chi connectivity index (χ3v) is 5.56. The lowest BCUT2D eigenvalue weighted by molar-refractivity contribution is -0.336. The molecule has 1 saturated carbocycles. The maximum Gasteiger partial charge on any atom is 0.314 e. The Morgan fingerprint density at radius 1 is 1.21 bits per heavy atom. The Labute approximate surface area is 139 Å². The van der Waals surface area contributed by atoms with E-state index in [-0.39, 0.29) is 17.7 Å². The van der Waals surface area contributed by atoms with Gasteiger partial charge in [-0.2, -0.15) is 17.2 Å². The van der Waals surface area contributed by atoms with E-state index in [2.05, 4.69) is 0 Å². The minimum absolute atomic E-state index is 0.289. The molecule has 1 aliphatic carbocycles. The van der Waals surface area contributed by atoms with Crippen molar-refractivity contribution in [1.29, 1.82) is 0 Å². The number of halogens is 2. The molecule has 1 fully saturated rings. The predicted molar refractivity (Wildman–Crippen MR) is 79.8 cm³/mol. The summed E-state index contributed by atoms with van der Waals surface area (Å²) in [5.74, 6) is -7.87. The molecule has 0 amide bonds. The smallest absolute Gasteiger partial charge is 0.314 e. The third-order valence-electron chi connectivity index (χ3n) is 4.25. The standard InChI is InChI=1S/C16H20F2O5S/c1-11-7-9-13(10-8-11)24(21,22)23-14(16(17,18)15(19)20)12-5-3-2-4-6-12/h7-10,12,14H,2-6H2,1H3,(H,19,20)/p-1. The average Bonchev–Trinajstić information content (AvgIpc) is 2.53. The van der Waals surface area contributed by atoms with Gasteiger partial charge in [0.2, 0.25) is 0 Å². The molecule has 1 aromatic carbocycles. The van der Waals surface area contributed by atoms with E-state index in [1.165, 1.54) is 24.3 Å². The Balaban J connectivity index is 2.33. The molecule has 0 N–H and O–H groups in total. The van der Waals surface area contributed by atoms with Crippen molar-refractivity contribution in [3.05, 3.63) is 29.8 Å². The average molecular weight is 361 g/mol. The molecule has 5 nitrogen and oxygen atoms in total. The second kappa shape index (κ2) is 7.14. The van der Waals surface area contributed by atoms with Crippen LogP contribution in [0, 0.1) is 12.8 Å². The van der Waals surface area contributed by atoms with E-state index < -0.39 is 34.0 Å². The summed E-state index contributed by atoms with van der Waals surface area (Å²) in [6.07, 6.45) is 0.393. The second-order valence-electron chi connectivity index (χ2n) is 6.09. The zero-order valence-corrected chi connectivity index (χ0v) is 14.0. The number of aryl methyl sites for hydroxylation is 1. The number of hydrogen-bond donors (Lipinski definition) is 0. The van der Waals surface area contributed by atoms with E-state index in [9.17, 15) is 27.1 Å². The van der Waals surface area contributed by atoms with Crippen LogP contribution in [0.25, 0.3) is 0 Å². The molecule has 0 aliphatic heterocycles. The number of carboxylic acid groups (broad SMARTS) is 1. The first kappa shape index (κ1) is 18.8. The van der Waals surface area contributed by atoms with Crippen molar-refractivity contribution >= 4 is 16.1 Å². The van der Waals surface area contributed by atoms with Gasteiger partial charge in [-0.05, 0) is 37.8 Å². The van der Waals surface area contributed by atoms with Crippen molar-refractivity contribution in [3.8, 4) is 0 Å². The SMILES string of the molecule is Cc1ccc(S(=O)(=O)OC(C2CCCCC2)C(F)(F)C(=O)[O-])cc1. The van der Waals surface area contributed by atoms with Crippen molar-refractivity contribution in [1.82, 2.24) is 0 Å². The summed E-state index contributed by atoms with van der Waals surface area (Å²) in [6.45, 7) is 1.74. The predicted octanol–water partition coefficient (Wildman–Crippen LogP) is 2.03. The number of carbonyl (C=O) groups is 1. The third kappa shape index (κ3) is 4.10. The Morgan fingerprint density at radius 3 is 2.25 bits per heavy atom. The van der Waals surface area contributed by atoms with Crippen molar-refractivity contribution in [2.75, 3.05) is 0 Å². The number of benzene rings is 1. The molecule has 1 unspecified atom stereocenters. The van der Waals surface area contributed by atoms with Gasteiger partial charge in [0.15, 0.2) is 0 Å². The molecule has 0 saturated heterocycles. The zero-order chi connectivity index (χ0) is 18.0. The van der Waals surface area contributed by atoms with Crippen LogP contribution in [0.15, 0.2) is 29.2 Å². The van der Waals surface area contributed by atoms with Gasteiger partial charge in [0, 0.05) is 0 Å². The Morgan fingerprint density at radius 2 is 1.75 bits per heavy atom. The molecule has 1 aliphatic rings. The van der Waals surface area contributed by atoms with Crippen LogP contribution in [0.3, 0.4) is 0 Å². The van der Waals surface area contributed by atoms with Crippen LogP contribution in [0.1, 0.15) is 37.7 Å². The van der Waals surface area contributed by atoms with E-state index in [1.807, 2.05) is 0 Å². The number of alkyl halides is 2. The van der Waals surface area contributed by atoms with Gasteiger partial charge in [0.1, 0.15) is 12.1 Å². The number of carbonyl (C=O) groups excluding carboxylic acids is 1. The molecule has 134 valence electrons. The summed E-state index contributed by atoms with van der Waals surface area (Å²) in [7, 11) is -4.51. The van der Waals surface area contributed by atoms with Gasteiger partial charge in [0.05, 0.1) is 4.90 Å². The first-order valence-corrected chi connectivity index (χ1v) is 9.14. The minimum Gasteiger partial charge on any atom is -0.544 e. The fourth-order valence-corrected chi connectivity index (χ4v) is 4.02. The lowest BCUT2D eigenvalue weighted by Gasteiger charge is -2.35. The highest BCUT2D eigenvalue weighted by molar-refractivity contribution is 7.86. The summed E-state index contributed by atoms with van der Waals surface area (Å²) < 4.78 is 57.4. The Hall–Kier alpha value is -1.54. The van der Waals surface area contributed by atoms with Crippen LogP contribution in [0.5, 0.6) is 0 Å². The number of hydrogen-bond acceptors (Lipinski definition) is 5. The van der Waals surface area contributed by atoms with E-state index in [0.29, 0.717) is 12.8 Å². The molecule has 0 aromatic heterocycles. The Kier molecular flexibility index (Phi) is 5.59. The quantitative estimate of drug-likeness (QED) is 0.724. The van der Waals surface area contributed by atoms with Gasteiger partial charge in [-0.3, -0.25) is 4.18 Å². The van der Waals surface area contributed by atoms with Gasteiger partial charge < -0.3 is 9.90 Å². The molecular formula is C16H19F2O5S-. The van der Waals surface area contributed by atoms with Crippen molar-refractivity contribution in [2.24, 2.45) is 5.92 Å². The molecule has 0 heterocycles. The molecule has 1 atom stereocenters. The van der Waals surface area contributed by atoms with E-state index in [4.69, 9.17) is 4.18 Å². The summed E-state index contributed by atoms with van der Waals surface area (Å²) in [4.78, 5) is 10.5. The van der Waals surface area contributed by atoms with E-state index in [0.717, 1.165) is 12.0 Å². The summed E-state index contributed by atoms with van der Waals surface area (Å²) in [5, 5.41) is 10.8. The Bertz CT molecular complexity index is 679. The normalized spacial score (nSPS) is 18.3. The lowest BCUT2D eigenvalue weighted by atomic mass is 9.83. The monoisotopic (exact) mass is 361 g/mol. The largest absolute Gasteiger partial charge is 0.544 e. The topological polar surface area (TPSA) is 83.5 Å². The van der Waals surface area contributed by atoms with Gasteiger partial charge in [-0.1, -0.05) is 37.0 Å². The molecule has 0 spiro atoms. The number of rotatable bonds is 6. The molecule has 0 bridgehead atoms. The molecule has 2 rings (SSSR count). The fraction of sp³-hybridized carbons (Fsp3) is 0.562. The number of aliphatic carboxylic acids is 1. The van der Waals surface area contributed by atoms with Crippen LogP contribution < -0.4 is 5.11 Å². The molecular weight excluding hydrogens is 342 g/mol. The van der Waals surface area contributed by atoms with Gasteiger partial charge in [0.25, 0.3) is 10.1 Å². The molecule has 8 heteroatoms. The highest BCUT2D eigenvalue weighted by Gasteiger charge is 2.49. The molecule has 1 aromatic rings. The first-order valence-electron chi connectivity index (χ1n) is 7.74. The van der Waals surface area contributed by atoms with Crippen molar-refractivity contribution < 1.29 is 31.3 Å². The maximum atomic E-state index is 14.1. The van der Waals surface area contributed by atoms with Crippen LogP contribution in [0.2, 0.25) is 0 Å². The molecule has 24 heavy (non-hydrogen) atoms. The van der Waals surface area contributed by atoms with E-state index in [1.54, 1.807) is 6.92 Å². The number of carboxylic acids is 1. The van der Waals surface area contributed by atoms with Crippen LogP contribution in [0.4, 0.5) is 8.78 Å². The fourth-order valence-electron chi connectivity index (χ4n) is 2.89. The van der Waals surface area contributed by atoms with Gasteiger partial charge in [-0.15, -0.1) is 0 Å². The van der Waals surface area contributed by atoms with Crippen LogP contribution in [-0.2, 0) is 19.1 Å². The summed E-state index contributed by atoms with van der Waals surface area (Å²) in [6, 6.07) is 5.48. The van der Waals surface area contributed by atoms with Gasteiger partial charge in [-0.25, -0.2) is 0 Å². The van der Waals surface area contributed by atoms with Crippen LogP contribution >= 0.6 is 0 Å². The highest BCUT2D eigenvalue weighted by Crippen LogP contribution is 2.37. The van der Waals surface area contributed by atoms with Crippen molar-refractivity contribution in [2.45, 2.75) is 55.9 Å². The van der Waals surface area contributed by atoms with E-state index >= 15 is 0 Å². The minimum atomic E-state index is -4.51. The first-order chi connectivity index (χ1) is 11.1. The lowest BCUT2D eigenvalue weighted by Crippen LogP contribution is -2.54. The van der Waals surface area contributed by atoms with Crippen molar-refractivity contribution in [3.63, 3.8) is 0 Å². The second-order valence-corrected chi connectivity index (χ2v) is 7.66. The maximum absolute atomic E-state index is 14.1. The summed E-state index contributed by atoms with van der Waals surface area (Å²) >= 11 is 0. The molecule has 0 radical (unpaired) electrons. The summed E-state index contributed by atoms with van der Waals surface area (Å²) in [5.41, 5.74) is 0.790.